The highest BCUT2D eigenvalue weighted by Crippen LogP contribution is 2.32. The highest BCUT2D eigenvalue weighted by Gasteiger charge is 2.15. The Balaban J connectivity index is 1.87. The third kappa shape index (κ3) is 3.46. The van der Waals surface area contributed by atoms with Crippen LogP contribution in [0.5, 0.6) is 0 Å². The first kappa shape index (κ1) is 16.7. The summed E-state index contributed by atoms with van der Waals surface area (Å²) in [6.45, 7) is 0.467. The maximum atomic E-state index is 11.7. The zero-order valence-electron chi connectivity index (χ0n) is 14.5. The molecule has 0 saturated heterocycles. The van der Waals surface area contributed by atoms with Gasteiger partial charge in [-0.05, 0) is 29.3 Å². The minimum Gasteiger partial charge on any atom is -0.364 e. The normalized spacial score (nSPS) is 10.7. The van der Waals surface area contributed by atoms with E-state index < -0.39 is 5.91 Å². The summed E-state index contributed by atoms with van der Waals surface area (Å²) >= 11 is 0. The number of fused-ring (bicyclic) bond motifs is 1. The Bertz CT molecular complexity index is 1100. The van der Waals surface area contributed by atoms with Crippen LogP contribution in [0, 0.1) is 0 Å². The Morgan fingerprint density at radius 2 is 1.74 bits per heavy atom. The predicted octanol–water partition coefficient (Wildman–Crippen LogP) is 3.40. The van der Waals surface area contributed by atoms with Gasteiger partial charge in [0.2, 0.25) is 5.82 Å². The van der Waals surface area contributed by atoms with E-state index in [9.17, 15) is 4.79 Å². The second-order valence-corrected chi connectivity index (χ2v) is 6.00. The fourth-order valence-electron chi connectivity index (χ4n) is 2.96. The van der Waals surface area contributed by atoms with Crippen molar-refractivity contribution in [2.45, 2.75) is 6.54 Å². The van der Waals surface area contributed by atoms with Crippen molar-refractivity contribution in [1.29, 1.82) is 0 Å². The van der Waals surface area contributed by atoms with Crippen molar-refractivity contribution in [2.24, 2.45) is 5.73 Å². The predicted molar refractivity (Wildman–Crippen MR) is 105 cm³/mol. The van der Waals surface area contributed by atoms with Crippen LogP contribution in [0.25, 0.3) is 22.0 Å². The van der Waals surface area contributed by atoms with Gasteiger partial charge in [-0.25, -0.2) is 9.97 Å². The molecule has 1 amide bonds. The standard InChI is InChI=1S/C21H17N5O/c22-19(27)21-25-17-11-6-10-16(14-7-2-1-3-8-14)18(17)20(26-21)24-13-15-9-4-5-12-23-15/h1-12H,13H2,(H2,22,27)(H,24,25,26). The molecule has 2 heterocycles. The smallest absolute Gasteiger partial charge is 0.286 e. The zero-order valence-corrected chi connectivity index (χ0v) is 14.5. The molecule has 0 unspecified atom stereocenters. The van der Waals surface area contributed by atoms with Crippen LogP contribution >= 0.6 is 0 Å². The van der Waals surface area contributed by atoms with Gasteiger partial charge < -0.3 is 11.1 Å². The van der Waals surface area contributed by atoms with Crippen molar-refractivity contribution in [2.75, 3.05) is 5.32 Å². The number of nitrogens with zero attached hydrogens (tertiary/aromatic N) is 3. The number of aromatic nitrogens is 3. The lowest BCUT2D eigenvalue weighted by Crippen LogP contribution is -2.17. The lowest BCUT2D eigenvalue weighted by atomic mass is 10.0. The van der Waals surface area contributed by atoms with Gasteiger partial charge in [0.05, 0.1) is 23.1 Å². The molecule has 0 bridgehead atoms. The largest absolute Gasteiger partial charge is 0.364 e. The monoisotopic (exact) mass is 355 g/mol. The first-order valence-corrected chi connectivity index (χ1v) is 8.52. The minimum absolute atomic E-state index is 0.0174. The molecule has 3 N–H and O–H groups in total. The SMILES string of the molecule is NC(=O)c1nc(NCc2ccccn2)c2c(-c3ccccc3)cccc2n1. The van der Waals surface area contributed by atoms with Crippen LogP contribution in [0.4, 0.5) is 5.82 Å². The van der Waals surface area contributed by atoms with Crippen LogP contribution in [-0.2, 0) is 6.54 Å². The molecule has 4 rings (SSSR count). The van der Waals surface area contributed by atoms with Crippen molar-refractivity contribution >= 4 is 22.6 Å². The molecule has 0 aliphatic heterocycles. The molecule has 6 nitrogen and oxygen atoms in total. The van der Waals surface area contributed by atoms with E-state index in [0.29, 0.717) is 17.9 Å². The van der Waals surface area contributed by atoms with Crippen LogP contribution in [0.3, 0.4) is 0 Å². The first-order valence-electron chi connectivity index (χ1n) is 8.52. The average Bonchev–Trinajstić information content (AvgIpc) is 2.72. The van der Waals surface area contributed by atoms with Crippen LogP contribution in [0.2, 0.25) is 0 Å². The van der Waals surface area contributed by atoms with Crippen molar-refractivity contribution in [3.05, 3.63) is 84.4 Å². The number of pyridine rings is 1. The Labute approximate surface area is 156 Å². The van der Waals surface area contributed by atoms with E-state index in [-0.39, 0.29) is 5.82 Å². The van der Waals surface area contributed by atoms with Crippen molar-refractivity contribution in [3.63, 3.8) is 0 Å². The highest BCUT2D eigenvalue weighted by atomic mass is 16.1. The molecule has 2 aromatic heterocycles. The fraction of sp³-hybridized carbons (Fsp3) is 0.0476. The number of rotatable bonds is 5. The molecule has 0 fully saturated rings. The molecular weight excluding hydrogens is 338 g/mol. The van der Waals surface area contributed by atoms with Gasteiger partial charge in [0.25, 0.3) is 5.91 Å². The van der Waals surface area contributed by atoms with Gasteiger partial charge in [0.15, 0.2) is 0 Å². The van der Waals surface area contributed by atoms with Crippen molar-refractivity contribution in [1.82, 2.24) is 15.0 Å². The van der Waals surface area contributed by atoms with E-state index in [1.165, 1.54) is 0 Å². The second-order valence-electron chi connectivity index (χ2n) is 6.00. The van der Waals surface area contributed by atoms with E-state index in [1.54, 1.807) is 6.20 Å². The van der Waals surface area contributed by atoms with E-state index >= 15 is 0 Å². The van der Waals surface area contributed by atoms with Crippen LogP contribution in [0.1, 0.15) is 16.3 Å². The number of carbonyl (C=O) groups excluding carboxylic acids is 1. The van der Waals surface area contributed by atoms with Crippen molar-refractivity contribution < 1.29 is 4.79 Å². The average molecular weight is 355 g/mol. The summed E-state index contributed by atoms with van der Waals surface area (Å²) in [5, 5.41) is 4.13. The molecule has 0 aliphatic carbocycles. The van der Waals surface area contributed by atoms with Crippen LogP contribution in [-0.4, -0.2) is 20.9 Å². The molecule has 0 aliphatic rings. The number of nitrogens with one attached hydrogen (secondary N) is 1. The quantitative estimate of drug-likeness (QED) is 0.572. The lowest BCUT2D eigenvalue weighted by molar-refractivity contribution is 0.0991. The molecular formula is C21H17N5O. The number of hydrogen-bond donors (Lipinski definition) is 2. The van der Waals surface area contributed by atoms with Gasteiger partial charge in [0, 0.05) is 6.20 Å². The molecule has 2 aromatic carbocycles. The van der Waals surface area contributed by atoms with Crippen LogP contribution < -0.4 is 11.1 Å². The van der Waals surface area contributed by atoms with Gasteiger partial charge in [-0.1, -0.05) is 48.5 Å². The summed E-state index contributed by atoms with van der Waals surface area (Å²) in [5.74, 6) is -0.127. The molecule has 0 radical (unpaired) electrons. The lowest BCUT2D eigenvalue weighted by Gasteiger charge is -2.13. The fourth-order valence-corrected chi connectivity index (χ4v) is 2.96. The summed E-state index contributed by atoms with van der Waals surface area (Å²) < 4.78 is 0. The summed E-state index contributed by atoms with van der Waals surface area (Å²) in [7, 11) is 0. The molecule has 4 aromatic rings. The Morgan fingerprint density at radius 1 is 0.926 bits per heavy atom. The number of primary amides is 1. The summed E-state index contributed by atoms with van der Waals surface area (Å²) in [5.41, 5.74) is 8.97. The summed E-state index contributed by atoms with van der Waals surface area (Å²) in [6.07, 6.45) is 1.74. The summed E-state index contributed by atoms with van der Waals surface area (Å²) in [4.78, 5) is 24.7. The maximum Gasteiger partial charge on any atom is 0.286 e. The van der Waals surface area contributed by atoms with Gasteiger partial charge in [-0.2, -0.15) is 0 Å². The maximum absolute atomic E-state index is 11.7. The highest BCUT2D eigenvalue weighted by molar-refractivity contribution is 6.03. The number of amides is 1. The van der Waals surface area contributed by atoms with E-state index in [2.05, 4.69) is 20.3 Å². The Hall–Kier alpha value is -3.80. The third-order valence-corrected chi connectivity index (χ3v) is 4.19. The number of hydrogen-bond acceptors (Lipinski definition) is 5. The van der Waals surface area contributed by atoms with Gasteiger partial charge in [-0.3, -0.25) is 9.78 Å². The zero-order chi connectivity index (χ0) is 18.6. The molecule has 0 atom stereocenters. The molecule has 6 heteroatoms. The van der Waals surface area contributed by atoms with Gasteiger partial charge in [-0.15, -0.1) is 0 Å². The number of benzene rings is 2. The third-order valence-electron chi connectivity index (χ3n) is 4.19. The number of nitrogens with two attached hydrogens (primary N) is 1. The van der Waals surface area contributed by atoms with E-state index in [1.807, 2.05) is 66.7 Å². The topological polar surface area (TPSA) is 93.8 Å². The molecule has 0 saturated carbocycles. The molecule has 132 valence electrons. The number of carbonyl (C=O) groups is 1. The second kappa shape index (κ2) is 7.21. The Morgan fingerprint density at radius 3 is 2.48 bits per heavy atom. The van der Waals surface area contributed by atoms with E-state index in [4.69, 9.17) is 5.73 Å². The van der Waals surface area contributed by atoms with Gasteiger partial charge >= 0.3 is 0 Å². The van der Waals surface area contributed by atoms with Crippen LogP contribution in [0.15, 0.2) is 72.9 Å². The van der Waals surface area contributed by atoms with Gasteiger partial charge in [0.1, 0.15) is 5.82 Å². The molecule has 27 heavy (non-hydrogen) atoms. The minimum atomic E-state index is -0.664. The number of anilines is 1. The van der Waals surface area contributed by atoms with Crippen molar-refractivity contribution in [3.8, 4) is 11.1 Å². The first-order chi connectivity index (χ1) is 13.2. The molecule has 0 spiro atoms. The summed E-state index contributed by atoms with van der Waals surface area (Å²) in [6, 6.07) is 21.5. The van der Waals surface area contributed by atoms with E-state index in [0.717, 1.165) is 22.2 Å². The Kier molecular flexibility index (Phi) is 4.45.